The molecule has 1 aliphatic heterocycles. The van der Waals surface area contributed by atoms with Gasteiger partial charge < -0.3 is 10.6 Å². The normalized spacial score (nSPS) is 12.0. The summed E-state index contributed by atoms with van der Waals surface area (Å²) < 4.78 is 0. The SMILES string of the molecule is C1=C[N-]C=C[N-]1.[CH3][Ge]([CH3])[CH3].[CH3][Ge]([CH3])[CH3]. The van der Waals surface area contributed by atoms with Crippen molar-refractivity contribution in [1.29, 1.82) is 0 Å². The molecule has 2 radical (unpaired) electrons. The molecule has 0 spiro atoms. The van der Waals surface area contributed by atoms with Crippen molar-refractivity contribution in [2.45, 2.75) is 34.5 Å². The van der Waals surface area contributed by atoms with Crippen LogP contribution in [0.3, 0.4) is 0 Å². The van der Waals surface area contributed by atoms with E-state index in [0.717, 1.165) is 0 Å². The molecule has 14 heavy (non-hydrogen) atoms. The van der Waals surface area contributed by atoms with Crippen molar-refractivity contribution in [3.8, 4) is 0 Å². The second kappa shape index (κ2) is 13.2. The van der Waals surface area contributed by atoms with E-state index in [-0.39, 0.29) is 28.7 Å². The fourth-order valence-corrected chi connectivity index (χ4v) is 0.253. The Morgan fingerprint density at radius 2 is 0.714 bits per heavy atom. The predicted octanol–water partition coefficient (Wildman–Crippen LogP) is 4.43. The van der Waals surface area contributed by atoms with Crippen molar-refractivity contribution < 1.29 is 0 Å². The molecular weight excluding hydrogens is 293 g/mol. The first-order chi connectivity index (χ1) is 6.46. The Hall–Kier alpha value is 0.166. The fourth-order valence-electron chi connectivity index (χ4n) is 0.253. The Kier molecular flexibility index (Phi) is 15.6. The average molecular weight is 316 g/mol. The number of rotatable bonds is 0. The van der Waals surface area contributed by atoms with Crippen LogP contribution in [0.4, 0.5) is 0 Å². The maximum atomic E-state index is 3.72. The number of hydrogen-bond acceptors (Lipinski definition) is 0. The van der Waals surface area contributed by atoms with Crippen LogP contribution < -0.4 is 0 Å². The minimum atomic E-state index is -0.333. The van der Waals surface area contributed by atoms with Crippen LogP contribution in [0.1, 0.15) is 0 Å². The van der Waals surface area contributed by atoms with Crippen molar-refractivity contribution in [3.05, 3.63) is 35.4 Å². The molecule has 4 heteroatoms. The van der Waals surface area contributed by atoms with Crippen LogP contribution in [0.25, 0.3) is 10.6 Å². The van der Waals surface area contributed by atoms with Gasteiger partial charge in [0.2, 0.25) is 0 Å². The molecule has 0 saturated carbocycles. The average Bonchev–Trinajstić information content (AvgIpc) is 2.05. The molecule has 0 amide bonds. The van der Waals surface area contributed by atoms with Gasteiger partial charge in [-0.3, -0.25) is 0 Å². The van der Waals surface area contributed by atoms with E-state index in [9.17, 15) is 0 Å². The minimum absolute atomic E-state index is 0.333. The quantitative estimate of drug-likeness (QED) is 0.592. The van der Waals surface area contributed by atoms with E-state index in [0.29, 0.717) is 0 Å². The Balaban J connectivity index is 0. The van der Waals surface area contributed by atoms with Gasteiger partial charge in [-0.15, -0.1) is 0 Å². The standard InChI is InChI=1S/C4H4N2.2C3H9Ge/c1-2-6-4-3-5-1;2*1-4(2)3/h1-4H;2*1-3H3/q-2;;. The summed E-state index contributed by atoms with van der Waals surface area (Å²) in [4.78, 5) is 0. The van der Waals surface area contributed by atoms with Gasteiger partial charge in [-0.05, 0) is 0 Å². The summed E-state index contributed by atoms with van der Waals surface area (Å²) in [6.07, 6.45) is 6.56. The van der Waals surface area contributed by atoms with Crippen molar-refractivity contribution in [2.24, 2.45) is 0 Å². The summed E-state index contributed by atoms with van der Waals surface area (Å²) in [6.45, 7) is 0. The van der Waals surface area contributed by atoms with E-state index in [1.165, 1.54) is 0 Å². The van der Waals surface area contributed by atoms with Gasteiger partial charge in [0.25, 0.3) is 0 Å². The first-order valence-corrected chi connectivity index (χ1v) is 17.3. The van der Waals surface area contributed by atoms with E-state index in [4.69, 9.17) is 0 Å². The summed E-state index contributed by atoms with van der Waals surface area (Å²) in [6, 6.07) is 0. The molecular formula is C10H22Ge2N2-2. The van der Waals surface area contributed by atoms with E-state index in [2.05, 4.69) is 45.2 Å². The molecule has 0 fully saturated rings. The van der Waals surface area contributed by atoms with Crippen LogP contribution in [0.5, 0.6) is 0 Å². The fraction of sp³-hybridized carbons (Fsp3) is 0.600. The third-order valence-electron chi connectivity index (χ3n) is 0.478. The molecule has 0 aromatic carbocycles. The molecule has 0 N–H and O–H groups in total. The molecule has 0 aliphatic carbocycles. The van der Waals surface area contributed by atoms with Crippen molar-refractivity contribution >= 4 is 28.7 Å². The summed E-state index contributed by atoms with van der Waals surface area (Å²) in [5.41, 5.74) is 0. The predicted molar refractivity (Wildman–Crippen MR) is 71.7 cm³/mol. The third kappa shape index (κ3) is 39.9. The van der Waals surface area contributed by atoms with Gasteiger partial charge in [-0.2, -0.15) is 24.8 Å². The molecule has 2 nitrogen and oxygen atoms in total. The van der Waals surface area contributed by atoms with Gasteiger partial charge in [0.05, 0.1) is 0 Å². The molecule has 1 heterocycles. The second-order valence-corrected chi connectivity index (χ2v) is 16.5. The Morgan fingerprint density at radius 1 is 0.571 bits per heavy atom. The van der Waals surface area contributed by atoms with Gasteiger partial charge in [-0.25, -0.2) is 0 Å². The van der Waals surface area contributed by atoms with Crippen LogP contribution >= 0.6 is 0 Å². The van der Waals surface area contributed by atoms with Crippen molar-refractivity contribution in [1.82, 2.24) is 0 Å². The monoisotopic (exact) mass is 318 g/mol. The van der Waals surface area contributed by atoms with E-state index < -0.39 is 0 Å². The second-order valence-electron chi connectivity index (χ2n) is 3.89. The van der Waals surface area contributed by atoms with Crippen LogP contribution in [-0.2, 0) is 0 Å². The Bertz CT molecular complexity index is 123. The molecule has 0 aromatic rings. The van der Waals surface area contributed by atoms with Gasteiger partial charge in [-0.1, -0.05) is 0 Å². The maximum absolute atomic E-state index is 3.72. The van der Waals surface area contributed by atoms with Crippen LogP contribution in [0.2, 0.25) is 34.5 Å². The van der Waals surface area contributed by atoms with Gasteiger partial charge in [0.15, 0.2) is 0 Å². The summed E-state index contributed by atoms with van der Waals surface area (Å²) in [7, 11) is 0. The molecule has 1 rings (SSSR count). The van der Waals surface area contributed by atoms with Crippen LogP contribution in [0, 0.1) is 0 Å². The third-order valence-corrected chi connectivity index (χ3v) is 0.478. The Morgan fingerprint density at radius 3 is 0.786 bits per heavy atom. The zero-order valence-corrected chi connectivity index (χ0v) is 14.4. The van der Waals surface area contributed by atoms with E-state index in [1.807, 2.05) is 0 Å². The first-order valence-electron chi connectivity index (χ1n) is 4.70. The molecule has 0 atom stereocenters. The summed E-state index contributed by atoms with van der Waals surface area (Å²) in [5, 5.41) is 7.44. The molecule has 0 bridgehead atoms. The van der Waals surface area contributed by atoms with E-state index in [1.54, 1.807) is 24.8 Å². The van der Waals surface area contributed by atoms with Crippen molar-refractivity contribution in [2.75, 3.05) is 0 Å². The zero-order chi connectivity index (χ0) is 11.4. The van der Waals surface area contributed by atoms with Crippen molar-refractivity contribution in [3.63, 3.8) is 0 Å². The molecule has 82 valence electrons. The van der Waals surface area contributed by atoms with Gasteiger partial charge in [0, 0.05) is 0 Å². The number of nitrogens with zero attached hydrogens (tertiary/aromatic N) is 2. The molecule has 0 saturated heterocycles. The first kappa shape index (κ1) is 16.6. The topological polar surface area (TPSA) is 28.2 Å². The molecule has 1 aliphatic rings. The summed E-state index contributed by atoms with van der Waals surface area (Å²) in [5.74, 6) is 14.0. The summed E-state index contributed by atoms with van der Waals surface area (Å²) >= 11 is -0.667. The van der Waals surface area contributed by atoms with Gasteiger partial charge >= 0.3 is 63.2 Å². The molecule has 0 aromatic heterocycles. The Labute approximate surface area is 98.4 Å². The zero-order valence-electron chi connectivity index (χ0n) is 10.2. The number of hydrogen-bond donors (Lipinski definition) is 0. The van der Waals surface area contributed by atoms with Gasteiger partial charge in [0.1, 0.15) is 0 Å². The van der Waals surface area contributed by atoms with Crippen LogP contribution in [-0.4, -0.2) is 28.7 Å². The van der Waals surface area contributed by atoms with E-state index >= 15 is 0 Å². The molecule has 0 unspecified atom stereocenters. The van der Waals surface area contributed by atoms with Crippen LogP contribution in [0.15, 0.2) is 24.8 Å².